The molecule has 0 amide bonds. The van der Waals surface area contributed by atoms with Crippen LogP contribution >= 0.6 is 11.6 Å². The van der Waals surface area contributed by atoms with Crippen LogP contribution in [-0.4, -0.2) is 19.6 Å². The van der Waals surface area contributed by atoms with Crippen molar-refractivity contribution in [2.75, 3.05) is 19.6 Å². The van der Waals surface area contributed by atoms with Crippen molar-refractivity contribution in [3.05, 3.63) is 47.2 Å². The van der Waals surface area contributed by atoms with Crippen molar-refractivity contribution in [1.82, 2.24) is 10.6 Å². The summed E-state index contributed by atoms with van der Waals surface area (Å²) in [5.41, 5.74) is 1.02. The molecule has 1 saturated heterocycles. The fourth-order valence-corrected chi connectivity index (χ4v) is 2.95. The van der Waals surface area contributed by atoms with Crippen molar-refractivity contribution in [2.24, 2.45) is 5.92 Å². The number of hydrogen-bond donors (Lipinski definition) is 2. The van der Waals surface area contributed by atoms with Gasteiger partial charge in [-0.3, -0.25) is 0 Å². The van der Waals surface area contributed by atoms with Gasteiger partial charge in [0.25, 0.3) is 0 Å². The van der Waals surface area contributed by atoms with E-state index in [0.717, 1.165) is 54.2 Å². The Balaban J connectivity index is 0.00000132. The highest BCUT2D eigenvalue weighted by molar-refractivity contribution is 6.30. The summed E-state index contributed by atoms with van der Waals surface area (Å²) < 4.78 is 5.88. The first-order valence-corrected chi connectivity index (χ1v) is 7.95. The third kappa shape index (κ3) is 6.02. The lowest BCUT2D eigenvalue weighted by molar-refractivity contribution is -0.001000. The van der Waals surface area contributed by atoms with E-state index in [1.165, 1.54) is 12.8 Å². The third-order valence-electron chi connectivity index (χ3n) is 3.96. The van der Waals surface area contributed by atoms with E-state index in [1.807, 2.05) is 36.4 Å². The number of furan rings is 1. The second-order valence-corrected chi connectivity index (χ2v) is 6.04. The molecule has 1 aliphatic heterocycles. The van der Waals surface area contributed by atoms with Gasteiger partial charge in [-0.05, 0) is 62.7 Å². The molecule has 128 valence electrons. The fourth-order valence-electron chi connectivity index (χ4n) is 2.76. The first-order chi connectivity index (χ1) is 10.3. The summed E-state index contributed by atoms with van der Waals surface area (Å²) in [6, 6.07) is 11.8. The van der Waals surface area contributed by atoms with Crippen LogP contribution < -0.4 is 35.4 Å². The second kappa shape index (κ2) is 10.2. The molecular formula is C17H21Cl3N2O-2. The van der Waals surface area contributed by atoms with Gasteiger partial charge < -0.3 is 39.9 Å². The second-order valence-electron chi connectivity index (χ2n) is 5.60. The molecule has 0 radical (unpaired) electrons. The highest BCUT2D eigenvalue weighted by Crippen LogP contribution is 2.24. The van der Waals surface area contributed by atoms with Gasteiger partial charge in [0.2, 0.25) is 0 Å². The summed E-state index contributed by atoms with van der Waals surface area (Å²) >= 11 is 6.01. The monoisotopic (exact) mass is 374 g/mol. The van der Waals surface area contributed by atoms with Crippen molar-refractivity contribution >= 4 is 11.6 Å². The Morgan fingerprint density at radius 2 is 1.91 bits per heavy atom. The minimum atomic E-state index is 0. The van der Waals surface area contributed by atoms with Crippen molar-refractivity contribution in [3.8, 4) is 11.3 Å². The maximum absolute atomic E-state index is 6.01. The van der Waals surface area contributed by atoms with Crippen LogP contribution in [0.3, 0.4) is 0 Å². The number of piperidine rings is 1. The minimum Gasteiger partial charge on any atom is -1.00 e. The molecule has 0 bridgehead atoms. The zero-order valence-electron chi connectivity index (χ0n) is 12.8. The highest BCUT2D eigenvalue weighted by atomic mass is 35.5. The number of rotatable bonds is 5. The van der Waals surface area contributed by atoms with Crippen LogP contribution in [-0.2, 0) is 6.54 Å². The molecule has 23 heavy (non-hydrogen) atoms. The molecule has 1 aliphatic rings. The molecular weight excluding hydrogens is 355 g/mol. The molecule has 1 fully saturated rings. The van der Waals surface area contributed by atoms with Crippen molar-refractivity contribution in [3.63, 3.8) is 0 Å². The zero-order chi connectivity index (χ0) is 14.5. The van der Waals surface area contributed by atoms with E-state index in [9.17, 15) is 0 Å². The van der Waals surface area contributed by atoms with Crippen LogP contribution in [0.25, 0.3) is 11.3 Å². The molecule has 0 saturated carbocycles. The normalized spacial score (nSPS) is 14.8. The zero-order valence-corrected chi connectivity index (χ0v) is 15.1. The molecule has 0 atom stereocenters. The summed E-state index contributed by atoms with van der Waals surface area (Å²) in [5, 5.41) is 7.62. The summed E-state index contributed by atoms with van der Waals surface area (Å²) in [5.74, 6) is 2.63. The maximum Gasteiger partial charge on any atom is 0.134 e. The molecule has 2 heterocycles. The van der Waals surface area contributed by atoms with Gasteiger partial charge in [-0.15, -0.1) is 0 Å². The van der Waals surface area contributed by atoms with E-state index < -0.39 is 0 Å². The van der Waals surface area contributed by atoms with Gasteiger partial charge in [-0.2, -0.15) is 0 Å². The lowest BCUT2D eigenvalue weighted by Crippen LogP contribution is -3.00. The predicted octanol–water partition coefficient (Wildman–Crippen LogP) is -2.30. The summed E-state index contributed by atoms with van der Waals surface area (Å²) in [7, 11) is 0. The molecule has 1 aromatic heterocycles. The largest absolute Gasteiger partial charge is 1.00 e. The first-order valence-electron chi connectivity index (χ1n) is 7.57. The molecule has 3 rings (SSSR count). The van der Waals surface area contributed by atoms with Gasteiger partial charge in [0.1, 0.15) is 11.5 Å². The van der Waals surface area contributed by atoms with Crippen LogP contribution in [0.5, 0.6) is 0 Å². The average Bonchev–Trinajstić information content (AvgIpc) is 2.97. The number of halogens is 3. The van der Waals surface area contributed by atoms with Gasteiger partial charge in [0.05, 0.1) is 6.54 Å². The summed E-state index contributed by atoms with van der Waals surface area (Å²) in [6.07, 6.45) is 2.53. The van der Waals surface area contributed by atoms with Crippen LogP contribution in [0.1, 0.15) is 18.6 Å². The molecule has 1 aromatic carbocycles. The van der Waals surface area contributed by atoms with Crippen molar-refractivity contribution in [1.29, 1.82) is 0 Å². The molecule has 2 N–H and O–H groups in total. The summed E-state index contributed by atoms with van der Waals surface area (Å²) in [4.78, 5) is 0. The standard InChI is InChI=1S/C17H21ClN2O.2ClH/c18-15-3-1-2-14(10-15)17-5-4-16(21-17)12-20-11-13-6-8-19-9-7-13;;/h1-5,10,13,19-20H,6-9,11-12H2;2*1H/p-2. The van der Waals surface area contributed by atoms with E-state index in [1.54, 1.807) is 0 Å². The van der Waals surface area contributed by atoms with Crippen molar-refractivity contribution in [2.45, 2.75) is 19.4 Å². The third-order valence-corrected chi connectivity index (χ3v) is 4.20. The average molecular weight is 376 g/mol. The Morgan fingerprint density at radius 1 is 1.13 bits per heavy atom. The van der Waals surface area contributed by atoms with E-state index in [2.05, 4.69) is 10.6 Å². The molecule has 6 heteroatoms. The Morgan fingerprint density at radius 3 is 2.65 bits per heavy atom. The lowest BCUT2D eigenvalue weighted by Gasteiger charge is -2.22. The molecule has 0 aliphatic carbocycles. The molecule has 3 nitrogen and oxygen atoms in total. The Hall–Kier alpha value is -0.710. The molecule has 0 unspecified atom stereocenters. The van der Waals surface area contributed by atoms with Crippen LogP contribution in [0.4, 0.5) is 0 Å². The number of hydrogen-bond acceptors (Lipinski definition) is 3. The van der Waals surface area contributed by atoms with Gasteiger partial charge in [0, 0.05) is 10.6 Å². The van der Waals surface area contributed by atoms with Crippen LogP contribution in [0.2, 0.25) is 5.02 Å². The van der Waals surface area contributed by atoms with E-state index >= 15 is 0 Å². The lowest BCUT2D eigenvalue weighted by atomic mass is 9.98. The Labute approximate surface area is 155 Å². The van der Waals surface area contributed by atoms with E-state index in [0.29, 0.717) is 0 Å². The first kappa shape index (κ1) is 20.3. The van der Waals surface area contributed by atoms with E-state index in [-0.39, 0.29) is 24.8 Å². The van der Waals surface area contributed by atoms with Gasteiger partial charge in [0.15, 0.2) is 0 Å². The Bertz CT molecular complexity index is 583. The maximum atomic E-state index is 6.01. The molecule has 2 aromatic rings. The SMILES string of the molecule is Clc1cccc(-c2ccc(CNCC3CCNCC3)o2)c1.[Cl-].[Cl-]. The quantitative estimate of drug-likeness (QED) is 0.617. The highest BCUT2D eigenvalue weighted by Gasteiger charge is 2.12. The topological polar surface area (TPSA) is 37.2 Å². The predicted molar refractivity (Wildman–Crippen MR) is 86.5 cm³/mol. The van der Waals surface area contributed by atoms with Gasteiger partial charge >= 0.3 is 0 Å². The number of benzene rings is 1. The van der Waals surface area contributed by atoms with Crippen LogP contribution in [0.15, 0.2) is 40.8 Å². The van der Waals surface area contributed by atoms with E-state index in [4.69, 9.17) is 16.0 Å². The van der Waals surface area contributed by atoms with Crippen LogP contribution in [0, 0.1) is 5.92 Å². The van der Waals surface area contributed by atoms with Gasteiger partial charge in [-0.1, -0.05) is 23.7 Å². The minimum absolute atomic E-state index is 0. The summed E-state index contributed by atoms with van der Waals surface area (Å²) in [6.45, 7) is 4.14. The fraction of sp³-hybridized carbons (Fsp3) is 0.412. The number of nitrogens with one attached hydrogen (secondary N) is 2. The molecule has 0 spiro atoms. The smallest absolute Gasteiger partial charge is 0.134 e. The Kier molecular flexibility index (Phi) is 9.03. The van der Waals surface area contributed by atoms with Crippen molar-refractivity contribution < 1.29 is 29.2 Å². The van der Waals surface area contributed by atoms with Gasteiger partial charge in [-0.25, -0.2) is 0 Å².